The molecule has 0 amide bonds. The summed E-state index contributed by atoms with van der Waals surface area (Å²) in [5.74, 6) is -0.298. The molecule has 3 aromatic rings. The molecule has 4 rings (SSSR count). The van der Waals surface area contributed by atoms with Crippen LogP contribution < -0.4 is 10.9 Å². The lowest BCUT2D eigenvalue weighted by atomic mass is 10.0. The maximum absolute atomic E-state index is 14.5. The molecule has 0 aliphatic carbocycles. The van der Waals surface area contributed by atoms with E-state index in [2.05, 4.69) is 15.3 Å². The van der Waals surface area contributed by atoms with Crippen molar-refractivity contribution in [2.75, 3.05) is 25.1 Å². The van der Waals surface area contributed by atoms with Crippen molar-refractivity contribution in [3.63, 3.8) is 0 Å². The summed E-state index contributed by atoms with van der Waals surface area (Å²) < 4.78 is 47.5. The largest absolute Gasteiger partial charge is 0.395 e. The zero-order valence-corrected chi connectivity index (χ0v) is 17.9. The molecule has 1 aliphatic rings. The number of fused-ring (bicyclic) bond motifs is 1. The van der Waals surface area contributed by atoms with Gasteiger partial charge < -0.3 is 15.2 Å². The van der Waals surface area contributed by atoms with Crippen LogP contribution in [0.2, 0.25) is 0 Å². The van der Waals surface area contributed by atoms with Gasteiger partial charge in [-0.15, -0.1) is 0 Å². The average molecular weight is 460 g/mol. The van der Waals surface area contributed by atoms with Crippen molar-refractivity contribution in [3.05, 3.63) is 69.0 Å². The van der Waals surface area contributed by atoms with Crippen LogP contribution >= 0.6 is 0 Å². The van der Waals surface area contributed by atoms with Crippen LogP contribution in [0.1, 0.15) is 35.4 Å². The Morgan fingerprint density at radius 3 is 2.82 bits per heavy atom. The summed E-state index contributed by atoms with van der Waals surface area (Å²) in [6, 6.07) is 5.49. The van der Waals surface area contributed by atoms with E-state index in [0.717, 1.165) is 11.6 Å². The highest BCUT2D eigenvalue weighted by Crippen LogP contribution is 2.27. The fourth-order valence-electron chi connectivity index (χ4n) is 3.85. The molecule has 0 atom stereocenters. The number of nitrogens with one attached hydrogen (secondary N) is 1. The van der Waals surface area contributed by atoms with E-state index >= 15 is 0 Å². The fraction of sp³-hybridized carbons (Fsp3) is 0.348. The number of benzene rings is 1. The number of nitrogens with zero attached hydrogens (tertiary/aromatic N) is 3. The van der Waals surface area contributed by atoms with Crippen molar-refractivity contribution in [3.8, 4) is 0 Å². The quantitative estimate of drug-likeness (QED) is 0.560. The summed E-state index contributed by atoms with van der Waals surface area (Å²) in [5, 5.41) is 13.0. The van der Waals surface area contributed by atoms with Crippen LogP contribution in [0.5, 0.6) is 0 Å². The number of rotatable bonds is 7. The summed E-state index contributed by atoms with van der Waals surface area (Å²) in [7, 11) is 0. The Labute approximate surface area is 187 Å². The molecule has 1 aliphatic heterocycles. The van der Waals surface area contributed by atoms with E-state index in [1.807, 2.05) is 6.08 Å². The van der Waals surface area contributed by atoms with Crippen LogP contribution in [0, 0.1) is 12.7 Å². The number of alkyl halides is 2. The summed E-state index contributed by atoms with van der Waals surface area (Å²) in [4.78, 5) is 22.0. The molecule has 0 spiro atoms. The standard InChI is InChI=1S/C23H23F3N4O3/c1-13-28-21(27-11-14-4-2-6-16(19(14)24)20(25)26)18-10-17(15-5-3-9-33-12-15)23(32)30(7-8-31)22(18)29-13/h2,4-6,10,20,31H,3,7-9,11-12H2,1H3,(H,27,28,29). The highest BCUT2D eigenvalue weighted by Gasteiger charge is 2.20. The Morgan fingerprint density at radius 2 is 2.12 bits per heavy atom. The molecule has 0 bridgehead atoms. The van der Waals surface area contributed by atoms with Crippen LogP contribution in [0.15, 0.2) is 35.1 Å². The van der Waals surface area contributed by atoms with E-state index in [0.29, 0.717) is 41.3 Å². The van der Waals surface area contributed by atoms with Gasteiger partial charge in [0.2, 0.25) is 0 Å². The van der Waals surface area contributed by atoms with Gasteiger partial charge in [0, 0.05) is 17.7 Å². The number of pyridine rings is 1. The van der Waals surface area contributed by atoms with Gasteiger partial charge in [-0.25, -0.2) is 23.1 Å². The van der Waals surface area contributed by atoms with Crippen molar-refractivity contribution in [1.29, 1.82) is 0 Å². The predicted octanol–water partition coefficient (Wildman–Crippen LogP) is 3.58. The van der Waals surface area contributed by atoms with Gasteiger partial charge in [-0.2, -0.15) is 0 Å². The molecule has 0 radical (unpaired) electrons. The van der Waals surface area contributed by atoms with E-state index in [4.69, 9.17) is 4.74 Å². The Balaban J connectivity index is 1.82. The summed E-state index contributed by atoms with van der Waals surface area (Å²) in [6.45, 7) is 2.14. The molecule has 33 heavy (non-hydrogen) atoms. The lowest BCUT2D eigenvalue weighted by molar-refractivity contribution is 0.146. The van der Waals surface area contributed by atoms with Crippen LogP contribution in [-0.4, -0.2) is 39.5 Å². The second-order valence-electron chi connectivity index (χ2n) is 7.64. The van der Waals surface area contributed by atoms with Crippen LogP contribution in [0.25, 0.3) is 16.6 Å². The minimum Gasteiger partial charge on any atom is -0.395 e. The van der Waals surface area contributed by atoms with E-state index in [1.54, 1.807) is 13.0 Å². The fourth-order valence-corrected chi connectivity index (χ4v) is 3.85. The summed E-state index contributed by atoms with van der Waals surface area (Å²) in [6.07, 6.45) is -0.321. The Morgan fingerprint density at radius 1 is 1.30 bits per heavy atom. The molecule has 10 heteroatoms. The first-order valence-corrected chi connectivity index (χ1v) is 10.5. The van der Waals surface area contributed by atoms with Crippen LogP contribution in [0.4, 0.5) is 19.0 Å². The Bertz CT molecular complexity index is 1270. The molecule has 174 valence electrons. The van der Waals surface area contributed by atoms with E-state index < -0.39 is 17.8 Å². The molecular formula is C23H23F3N4O3. The first kappa shape index (κ1) is 22.9. The topological polar surface area (TPSA) is 89.3 Å². The number of hydrogen-bond donors (Lipinski definition) is 2. The number of ether oxygens (including phenoxy) is 1. The molecule has 3 heterocycles. The van der Waals surface area contributed by atoms with Gasteiger partial charge in [0.1, 0.15) is 23.1 Å². The lowest BCUT2D eigenvalue weighted by Gasteiger charge is -2.18. The van der Waals surface area contributed by atoms with Gasteiger partial charge in [0.25, 0.3) is 12.0 Å². The molecule has 0 saturated heterocycles. The van der Waals surface area contributed by atoms with E-state index in [1.165, 1.54) is 16.7 Å². The zero-order valence-electron chi connectivity index (χ0n) is 17.9. The van der Waals surface area contributed by atoms with Crippen LogP contribution in [0.3, 0.4) is 0 Å². The molecule has 0 fully saturated rings. The maximum Gasteiger partial charge on any atom is 0.266 e. The molecule has 2 N–H and O–H groups in total. The van der Waals surface area contributed by atoms with Crippen molar-refractivity contribution < 1.29 is 23.0 Å². The number of aliphatic hydroxyl groups excluding tert-OH is 1. The first-order valence-electron chi connectivity index (χ1n) is 10.5. The van der Waals surface area contributed by atoms with E-state index in [9.17, 15) is 23.1 Å². The van der Waals surface area contributed by atoms with Crippen LogP contribution in [-0.2, 0) is 17.8 Å². The van der Waals surface area contributed by atoms with Gasteiger partial charge >= 0.3 is 0 Å². The lowest BCUT2D eigenvalue weighted by Crippen LogP contribution is -2.27. The highest BCUT2D eigenvalue weighted by atomic mass is 19.3. The highest BCUT2D eigenvalue weighted by molar-refractivity contribution is 5.89. The van der Waals surface area contributed by atoms with Gasteiger partial charge in [-0.3, -0.25) is 9.36 Å². The SMILES string of the molecule is Cc1nc(NCc2cccc(C(F)F)c2F)c2cc(C3=CCCOC3)c(=O)n(CCO)c2n1. The number of aliphatic hydroxyl groups is 1. The Kier molecular flexibility index (Phi) is 6.75. The van der Waals surface area contributed by atoms with Gasteiger partial charge in [0.05, 0.1) is 37.3 Å². The molecule has 0 unspecified atom stereocenters. The molecule has 2 aromatic heterocycles. The first-order chi connectivity index (χ1) is 15.9. The molecule has 7 nitrogen and oxygen atoms in total. The molecular weight excluding hydrogens is 437 g/mol. The molecule has 0 saturated carbocycles. The summed E-state index contributed by atoms with van der Waals surface area (Å²) >= 11 is 0. The minimum absolute atomic E-state index is 0.0261. The average Bonchev–Trinajstić information content (AvgIpc) is 2.80. The third-order valence-corrected chi connectivity index (χ3v) is 5.43. The van der Waals surface area contributed by atoms with Gasteiger partial charge in [-0.1, -0.05) is 24.3 Å². The zero-order chi connectivity index (χ0) is 23.5. The monoisotopic (exact) mass is 460 g/mol. The number of hydrogen-bond acceptors (Lipinski definition) is 6. The maximum atomic E-state index is 14.5. The van der Waals surface area contributed by atoms with Gasteiger partial charge in [0.15, 0.2) is 0 Å². The normalized spacial score (nSPS) is 14.1. The number of aryl methyl sites for hydroxylation is 1. The van der Waals surface area contributed by atoms with E-state index in [-0.39, 0.29) is 37.4 Å². The summed E-state index contributed by atoms with van der Waals surface area (Å²) in [5.41, 5.74) is 0.518. The van der Waals surface area contributed by atoms with Crippen molar-refractivity contribution >= 4 is 22.4 Å². The van der Waals surface area contributed by atoms with Crippen molar-refractivity contribution in [1.82, 2.24) is 14.5 Å². The Hall–Kier alpha value is -3.24. The number of anilines is 1. The smallest absolute Gasteiger partial charge is 0.266 e. The third kappa shape index (κ3) is 4.62. The van der Waals surface area contributed by atoms with Crippen molar-refractivity contribution in [2.45, 2.75) is 32.9 Å². The van der Waals surface area contributed by atoms with Crippen molar-refractivity contribution in [2.24, 2.45) is 0 Å². The number of halogens is 3. The second kappa shape index (κ2) is 9.72. The predicted molar refractivity (Wildman–Crippen MR) is 118 cm³/mol. The van der Waals surface area contributed by atoms with Gasteiger partial charge in [-0.05, 0) is 25.0 Å². The second-order valence-corrected chi connectivity index (χ2v) is 7.64. The number of aromatic nitrogens is 3. The molecule has 1 aromatic carbocycles. The third-order valence-electron chi connectivity index (χ3n) is 5.43. The minimum atomic E-state index is -2.92.